The lowest BCUT2D eigenvalue weighted by atomic mass is 9.95. The molecule has 0 aliphatic carbocycles. The average Bonchev–Trinajstić information content (AvgIpc) is 2.24. The largest absolute Gasteiger partial charge is 0.416 e. The third-order valence-electron chi connectivity index (χ3n) is 2.50. The van der Waals surface area contributed by atoms with Crippen molar-refractivity contribution in [3.05, 3.63) is 34.4 Å². The molecular weight excluding hydrogens is 326 g/mol. The van der Waals surface area contributed by atoms with Crippen molar-refractivity contribution in [2.24, 2.45) is 0 Å². The average molecular weight is 335 g/mol. The first-order valence-corrected chi connectivity index (χ1v) is 6.10. The van der Waals surface area contributed by atoms with Crippen molar-refractivity contribution in [1.82, 2.24) is 0 Å². The second-order valence-electron chi connectivity index (χ2n) is 3.61. The van der Waals surface area contributed by atoms with Gasteiger partial charge >= 0.3 is 12.4 Å². The van der Waals surface area contributed by atoms with Gasteiger partial charge < -0.3 is 0 Å². The van der Waals surface area contributed by atoms with Crippen LogP contribution in [0.25, 0.3) is 0 Å². The van der Waals surface area contributed by atoms with Crippen LogP contribution in [0.3, 0.4) is 0 Å². The molecule has 1 aromatic carbocycles. The van der Waals surface area contributed by atoms with Gasteiger partial charge in [0, 0.05) is 5.33 Å². The second kappa shape index (κ2) is 5.11. The molecule has 0 fully saturated rings. The van der Waals surface area contributed by atoms with E-state index in [1.807, 2.05) is 0 Å². The van der Waals surface area contributed by atoms with Gasteiger partial charge in [0.05, 0.1) is 11.1 Å². The molecule has 0 bridgehead atoms. The Bertz CT molecular complexity index is 432. The minimum Gasteiger partial charge on any atom is -0.166 e. The Balaban J connectivity index is 3.64. The zero-order valence-electron chi connectivity index (χ0n) is 9.21. The normalized spacial score (nSPS) is 12.9. The minimum atomic E-state index is -4.80. The van der Waals surface area contributed by atoms with Crippen molar-refractivity contribution in [1.29, 1.82) is 0 Å². The molecular formula is C11H9BrF6. The van der Waals surface area contributed by atoms with E-state index in [0.29, 0.717) is 6.07 Å². The highest BCUT2D eigenvalue weighted by atomic mass is 79.9. The number of benzene rings is 1. The highest BCUT2D eigenvalue weighted by Gasteiger charge is 2.41. The van der Waals surface area contributed by atoms with E-state index >= 15 is 0 Å². The lowest BCUT2D eigenvalue weighted by Gasteiger charge is -2.20. The summed E-state index contributed by atoms with van der Waals surface area (Å²) in [6.45, 7) is 1.47. The summed E-state index contributed by atoms with van der Waals surface area (Å²) in [7, 11) is 0. The van der Waals surface area contributed by atoms with Crippen molar-refractivity contribution in [2.75, 3.05) is 0 Å². The van der Waals surface area contributed by atoms with Gasteiger partial charge in [0.25, 0.3) is 0 Å². The van der Waals surface area contributed by atoms with Crippen LogP contribution in [0.5, 0.6) is 0 Å². The summed E-state index contributed by atoms with van der Waals surface area (Å²) in [5.41, 5.74) is -3.32. The molecule has 1 rings (SSSR count). The van der Waals surface area contributed by atoms with Crippen molar-refractivity contribution >= 4 is 15.9 Å². The zero-order chi connectivity index (χ0) is 14.1. The maximum absolute atomic E-state index is 12.9. The van der Waals surface area contributed by atoms with Gasteiger partial charge in [0.2, 0.25) is 0 Å². The van der Waals surface area contributed by atoms with Gasteiger partial charge in [0.15, 0.2) is 0 Å². The van der Waals surface area contributed by atoms with Crippen molar-refractivity contribution in [2.45, 2.75) is 31.0 Å². The van der Waals surface area contributed by atoms with Crippen LogP contribution in [0.15, 0.2) is 12.1 Å². The van der Waals surface area contributed by atoms with E-state index in [0.717, 1.165) is 6.07 Å². The molecule has 0 nitrogen and oxygen atoms in total. The Morgan fingerprint density at radius 3 is 1.89 bits per heavy atom. The van der Waals surface area contributed by atoms with Crippen molar-refractivity contribution < 1.29 is 26.3 Å². The molecule has 7 heteroatoms. The molecule has 0 aromatic heterocycles. The number of hydrogen-bond acceptors (Lipinski definition) is 0. The van der Waals surface area contributed by atoms with Crippen LogP contribution >= 0.6 is 15.9 Å². The third kappa shape index (κ3) is 2.99. The highest BCUT2D eigenvalue weighted by Crippen LogP contribution is 2.42. The van der Waals surface area contributed by atoms with Crippen LogP contribution in [0.4, 0.5) is 26.3 Å². The van der Waals surface area contributed by atoms with Gasteiger partial charge in [-0.25, -0.2) is 0 Å². The minimum absolute atomic E-state index is 0.0208. The molecule has 0 N–H and O–H groups in total. The summed E-state index contributed by atoms with van der Waals surface area (Å²) in [5, 5.41) is -0.496. The van der Waals surface area contributed by atoms with Gasteiger partial charge in [0.1, 0.15) is 0 Å². The van der Waals surface area contributed by atoms with E-state index in [-0.39, 0.29) is 12.0 Å². The number of hydrogen-bond donors (Lipinski definition) is 0. The quantitative estimate of drug-likeness (QED) is 0.516. The molecule has 0 unspecified atom stereocenters. The number of halogens is 7. The smallest absolute Gasteiger partial charge is 0.166 e. The summed E-state index contributed by atoms with van der Waals surface area (Å²) in [4.78, 5) is 0. The Morgan fingerprint density at radius 1 is 1.00 bits per heavy atom. The fraction of sp³-hybridized carbons (Fsp3) is 0.455. The summed E-state index contributed by atoms with van der Waals surface area (Å²) in [5.74, 6) is 0. The van der Waals surface area contributed by atoms with E-state index in [1.165, 1.54) is 6.92 Å². The van der Waals surface area contributed by atoms with E-state index in [4.69, 9.17) is 0 Å². The zero-order valence-corrected chi connectivity index (χ0v) is 10.8. The number of aryl methyl sites for hydroxylation is 1. The highest BCUT2D eigenvalue weighted by molar-refractivity contribution is 9.08. The maximum Gasteiger partial charge on any atom is 0.416 e. The molecule has 0 heterocycles. The fourth-order valence-electron chi connectivity index (χ4n) is 1.75. The van der Waals surface area contributed by atoms with E-state index < -0.39 is 34.4 Å². The van der Waals surface area contributed by atoms with Crippen LogP contribution in [0.2, 0.25) is 0 Å². The molecule has 0 atom stereocenters. The first-order valence-electron chi connectivity index (χ1n) is 4.98. The molecule has 1 aromatic rings. The van der Waals surface area contributed by atoms with Crippen molar-refractivity contribution in [3.8, 4) is 0 Å². The van der Waals surface area contributed by atoms with Gasteiger partial charge in [-0.2, -0.15) is 26.3 Å². The van der Waals surface area contributed by atoms with Crippen LogP contribution in [-0.4, -0.2) is 0 Å². The lowest BCUT2D eigenvalue weighted by molar-refractivity contribution is -0.144. The van der Waals surface area contributed by atoms with E-state index in [1.54, 1.807) is 0 Å². The predicted octanol–water partition coefficient (Wildman–Crippen LogP) is 5.18. The molecule has 0 saturated carbocycles. The summed E-state index contributed by atoms with van der Waals surface area (Å²) >= 11 is 2.71. The van der Waals surface area contributed by atoms with Crippen molar-refractivity contribution in [3.63, 3.8) is 0 Å². The summed E-state index contributed by atoms with van der Waals surface area (Å²) in [6.07, 6.45) is -9.57. The summed E-state index contributed by atoms with van der Waals surface area (Å²) in [6, 6.07) is 1.59. The predicted molar refractivity (Wildman–Crippen MR) is 58.5 cm³/mol. The molecule has 0 aliphatic rings. The number of rotatable bonds is 2. The summed E-state index contributed by atoms with van der Waals surface area (Å²) < 4.78 is 76.5. The van der Waals surface area contributed by atoms with Gasteiger partial charge in [-0.15, -0.1) is 0 Å². The monoisotopic (exact) mass is 334 g/mol. The van der Waals surface area contributed by atoms with E-state index in [9.17, 15) is 26.3 Å². The molecule has 0 amide bonds. The Labute approximate surface area is 108 Å². The van der Waals surface area contributed by atoms with Gasteiger partial charge in [-0.3, -0.25) is 0 Å². The fourth-order valence-corrected chi connectivity index (χ4v) is 2.33. The second-order valence-corrected chi connectivity index (χ2v) is 4.17. The Hall–Kier alpha value is -0.720. The van der Waals surface area contributed by atoms with Crippen LogP contribution in [0, 0.1) is 0 Å². The molecule has 0 saturated heterocycles. The standard InChI is InChI=1S/C11H9BrF6/c1-2-6-3-4-8(10(13,14)15)7(5-12)9(6)11(16,17)18/h3-4H,2,5H2,1H3. The van der Waals surface area contributed by atoms with Gasteiger partial charge in [-0.05, 0) is 23.6 Å². The topological polar surface area (TPSA) is 0 Å². The first-order chi connectivity index (χ1) is 8.12. The van der Waals surface area contributed by atoms with E-state index in [2.05, 4.69) is 15.9 Å². The molecule has 102 valence electrons. The Morgan fingerprint density at radius 2 is 1.56 bits per heavy atom. The van der Waals surface area contributed by atoms with Gasteiger partial charge in [-0.1, -0.05) is 28.9 Å². The Kier molecular flexibility index (Phi) is 4.35. The SMILES string of the molecule is CCc1ccc(C(F)(F)F)c(CBr)c1C(F)(F)F. The molecule has 0 spiro atoms. The molecule has 0 aliphatic heterocycles. The molecule has 0 radical (unpaired) electrons. The molecule has 18 heavy (non-hydrogen) atoms. The van der Waals surface area contributed by atoms with Crippen LogP contribution in [-0.2, 0) is 24.1 Å². The first kappa shape index (κ1) is 15.3. The van der Waals surface area contributed by atoms with Crippen LogP contribution in [0.1, 0.15) is 29.2 Å². The third-order valence-corrected chi connectivity index (χ3v) is 3.06. The van der Waals surface area contributed by atoms with Crippen LogP contribution < -0.4 is 0 Å². The number of alkyl halides is 7. The maximum atomic E-state index is 12.9. The lowest BCUT2D eigenvalue weighted by Crippen LogP contribution is -2.18.